The van der Waals surface area contributed by atoms with Crippen molar-refractivity contribution >= 4 is 21.4 Å². The third-order valence-corrected chi connectivity index (χ3v) is 5.84. The zero-order valence-electron chi connectivity index (χ0n) is 8.70. The van der Waals surface area contributed by atoms with Crippen molar-refractivity contribution in [2.45, 2.75) is 23.3 Å². The van der Waals surface area contributed by atoms with Gasteiger partial charge in [-0.2, -0.15) is 4.31 Å². The monoisotopic (exact) mass is 263 g/mol. The van der Waals surface area contributed by atoms with Gasteiger partial charge in [0.25, 0.3) is 10.0 Å². The minimum atomic E-state index is -3.55. The van der Waals surface area contributed by atoms with Crippen LogP contribution in [0, 0.1) is 6.92 Å². The molecule has 0 aromatic carbocycles. The molecule has 2 N–H and O–H groups in total. The second kappa shape index (κ2) is 4.08. The lowest BCUT2D eigenvalue weighted by molar-refractivity contribution is 0.0572. The third kappa shape index (κ3) is 2.01. The Kier molecular flexibility index (Phi) is 3.06. The molecule has 1 saturated heterocycles. The number of aliphatic hydroxyl groups excluding tert-OH is 2. The van der Waals surface area contributed by atoms with E-state index >= 15 is 0 Å². The van der Waals surface area contributed by atoms with Crippen LogP contribution in [-0.4, -0.2) is 48.2 Å². The fourth-order valence-electron chi connectivity index (χ4n) is 1.61. The number of hydrogen-bond donors (Lipinski definition) is 2. The summed E-state index contributed by atoms with van der Waals surface area (Å²) in [5.41, 5.74) is 0. The van der Waals surface area contributed by atoms with Gasteiger partial charge < -0.3 is 10.2 Å². The summed E-state index contributed by atoms with van der Waals surface area (Å²) in [6, 6.07) is 3.28. The summed E-state index contributed by atoms with van der Waals surface area (Å²) in [4.78, 5) is 0.916. The van der Waals surface area contributed by atoms with Crippen LogP contribution in [0.5, 0.6) is 0 Å². The highest BCUT2D eigenvalue weighted by molar-refractivity contribution is 7.91. The molecule has 0 radical (unpaired) electrons. The molecular weight excluding hydrogens is 250 g/mol. The minimum absolute atomic E-state index is 0.0412. The fourth-order valence-corrected chi connectivity index (χ4v) is 4.52. The van der Waals surface area contributed by atoms with Crippen LogP contribution in [-0.2, 0) is 10.0 Å². The Morgan fingerprint density at radius 2 is 1.88 bits per heavy atom. The largest absolute Gasteiger partial charge is 0.389 e. The fraction of sp³-hybridized carbons (Fsp3) is 0.556. The number of aryl methyl sites for hydroxylation is 1. The number of hydrogen-bond acceptors (Lipinski definition) is 5. The van der Waals surface area contributed by atoms with E-state index in [4.69, 9.17) is 0 Å². The van der Waals surface area contributed by atoms with Crippen LogP contribution in [0.25, 0.3) is 0 Å². The second-order valence-electron chi connectivity index (χ2n) is 3.82. The van der Waals surface area contributed by atoms with Gasteiger partial charge in [0.05, 0.1) is 12.2 Å². The molecule has 1 fully saturated rings. The third-order valence-electron chi connectivity index (χ3n) is 2.54. The van der Waals surface area contributed by atoms with Crippen LogP contribution in [0.3, 0.4) is 0 Å². The zero-order valence-corrected chi connectivity index (χ0v) is 10.3. The number of nitrogens with zero attached hydrogens (tertiary/aromatic N) is 1. The Morgan fingerprint density at radius 1 is 1.31 bits per heavy atom. The number of aliphatic hydroxyl groups is 2. The van der Waals surface area contributed by atoms with Crippen molar-refractivity contribution in [3.05, 3.63) is 17.0 Å². The summed E-state index contributed by atoms with van der Waals surface area (Å²) in [5, 5.41) is 18.7. The van der Waals surface area contributed by atoms with Gasteiger partial charge in [0, 0.05) is 18.0 Å². The normalized spacial score (nSPS) is 27.4. The lowest BCUT2D eigenvalue weighted by Gasteiger charge is -2.13. The Balaban J connectivity index is 2.27. The van der Waals surface area contributed by atoms with Crippen molar-refractivity contribution < 1.29 is 18.6 Å². The number of rotatable bonds is 2. The van der Waals surface area contributed by atoms with E-state index in [0.29, 0.717) is 0 Å². The van der Waals surface area contributed by atoms with Gasteiger partial charge >= 0.3 is 0 Å². The molecular formula is C9H13NO4S2. The summed E-state index contributed by atoms with van der Waals surface area (Å²) >= 11 is 1.19. The highest BCUT2D eigenvalue weighted by Gasteiger charge is 2.37. The lowest BCUT2D eigenvalue weighted by Crippen LogP contribution is -2.29. The van der Waals surface area contributed by atoms with Crippen LogP contribution >= 0.6 is 11.3 Å². The molecule has 2 atom stereocenters. The van der Waals surface area contributed by atoms with Crippen LogP contribution in [0.4, 0.5) is 0 Å². The highest BCUT2D eigenvalue weighted by atomic mass is 32.2. The summed E-state index contributed by atoms with van der Waals surface area (Å²) in [6.07, 6.45) is -1.98. The van der Waals surface area contributed by atoms with Gasteiger partial charge in [0.2, 0.25) is 0 Å². The standard InChI is InChI=1S/C9H13NO4S2/c1-6-2-3-9(15-6)16(13,14)10-4-7(11)8(12)5-10/h2-3,7-8,11-12H,4-5H2,1H3/t7-,8+. The predicted octanol–water partition coefficient (Wildman–Crippen LogP) is -0.217. The van der Waals surface area contributed by atoms with E-state index in [9.17, 15) is 18.6 Å². The topological polar surface area (TPSA) is 77.8 Å². The predicted molar refractivity (Wildman–Crippen MR) is 59.8 cm³/mol. The van der Waals surface area contributed by atoms with Crippen LogP contribution in [0.15, 0.2) is 16.3 Å². The van der Waals surface area contributed by atoms with Gasteiger partial charge in [-0.05, 0) is 19.1 Å². The van der Waals surface area contributed by atoms with Crippen molar-refractivity contribution in [2.75, 3.05) is 13.1 Å². The molecule has 0 unspecified atom stereocenters. The van der Waals surface area contributed by atoms with E-state index in [-0.39, 0.29) is 17.3 Å². The Bertz CT molecular complexity index is 471. The molecule has 2 rings (SSSR count). The quantitative estimate of drug-likeness (QED) is 0.773. The lowest BCUT2D eigenvalue weighted by atomic mass is 10.3. The molecule has 1 aliphatic rings. The average Bonchev–Trinajstić information content (AvgIpc) is 2.75. The Labute approximate surface area is 98.0 Å². The molecule has 5 nitrogen and oxygen atoms in total. The van der Waals surface area contributed by atoms with Gasteiger partial charge in [0.1, 0.15) is 4.21 Å². The van der Waals surface area contributed by atoms with Gasteiger partial charge in [-0.3, -0.25) is 0 Å². The molecule has 0 spiro atoms. The van der Waals surface area contributed by atoms with E-state index in [0.717, 1.165) is 9.18 Å². The molecule has 0 amide bonds. The van der Waals surface area contributed by atoms with E-state index in [2.05, 4.69) is 0 Å². The molecule has 16 heavy (non-hydrogen) atoms. The van der Waals surface area contributed by atoms with E-state index in [1.807, 2.05) is 6.92 Å². The van der Waals surface area contributed by atoms with E-state index in [1.165, 1.54) is 11.3 Å². The van der Waals surface area contributed by atoms with Crippen molar-refractivity contribution in [2.24, 2.45) is 0 Å². The van der Waals surface area contributed by atoms with Crippen LogP contribution < -0.4 is 0 Å². The van der Waals surface area contributed by atoms with E-state index < -0.39 is 22.2 Å². The minimum Gasteiger partial charge on any atom is -0.389 e. The maximum Gasteiger partial charge on any atom is 0.252 e. The van der Waals surface area contributed by atoms with Crippen LogP contribution in [0.2, 0.25) is 0 Å². The number of β-amino-alcohol motifs (C(OH)–C–C–N with tert-alkyl or cyclic N) is 2. The molecule has 1 aromatic rings. The average molecular weight is 263 g/mol. The Hall–Kier alpha value is -0.470. The zero-order chi connectivity index (χ0) is 11.9. The molecule has 7 heteroatoms. The SMILES string of the molecule is Cc1ccc(S(=O)(=O)N2C[C@@H](O)[C@@H](O)C2)s1. The molecule has 0 saturated carbocycles. The van der Waals surface area contributed by atoms with Crippen molar-refractivity contribution in [3.8, 4) is 0 Å². The second-order valence-corrected chi connectivity index (χ2v) is 7.27. The first-order chi connectivity index (χ1) is 7.41. The first-order valence-corrected chi connectivity index (χ1v) is 7.09. The van der Waals surface area contributed by atoms with Gasteiger partial charge in [0.15, 0.2) is 0 Å². The summed E-state index contributed by atoms with van der Waals surface area (Å²) in [6.45, 7) is 1.75. The first-order valence-electron chi connectivity index (χ1n) is 4.84. The molecule has 0 aliphatic carbocycles. The van der Waals surface area contributed by atoms with Crippen molar-refractivity contribution in [1.29, 1.82) is 0 Å². The molecule has 1 aliphatic heterocycles. The molecule has 0 bridgehead atoms. The van der Waals surface area contributed by atoms with Crippen molar-refractivity contribution in [1.82, 2.24) is 4.31 Å². The van der Waals surface area contributed by atoms with Gasteiger partial charge in [-0.25, -0.2) is 8.42 Å². The molecule has 2 heterocycles. The van der Waals surface area contributed by atoms with Gasteiger partial charge in [-0.15, -0.1) is 11.3 Å². The van der Waals surface area contributed by atoms with E-state index in [1.54, 1.807) is 12.1 Å². The summed E-state index contributed by atoms with van der Waals surface area (Å²) in [5.74, 6) is 0. The molecule has 90 valence electrons. The summed E-state index contributed by atoms with van der Waals surface area (Å²) in [7, 11) is -3.55. The van der Waals surface area contributed by atoms with Gasteiger partial charge in [-0.1, -0.05) is 0 Å². The Morgan fingerprint density at radius 3 is 2.31 bits per heavy atom. The first kappa shape index (κ1) is 12.0. The maximum absolute atomic E-state index is 12.1. The highest BCUT2D eigenvalue weighted by Crippen LogP contribution is 2.26. The summed E-state index contributed by atoms with van der Waals surface area (Å²) < 4.78 is 25.5. The number of sulfonamides is 1. The molecule has 1 aromatic heterocycles. The van der Waals surface area contributed by atoms with Crippen LogP contribution in [0.1, 0.15) is 4.88 Å². The van der Waals surface area contributed by atoms with Crippen molar-refractivity contribution in [3.63, 3.8) is 0 Å². The smallest absolute Gasteiger partial charge is 0.252 e. The maximum atomic E-state index is 12.1. The number of thiophene rings is 1.